The monoisotopic (exact) mass is 229 g/mol. The van der Waals surface area contributed by atoms with Crippen LogP contribution in [0.1, 0.15) is 39.0 Å². The van der Waals surface area contributed by atoms with Crippen molar-refractivity contribution in [2.24, 2.45) is 5.92 Å². The molecule has 3 heteroatoms. The van der Waals surface area contributed by atoms with E-state index < -0.39 is 5.60 Å². The lowest BCUT2D eigenvalue weighted by atomic mass is 10.0. The third kappa shape index (κ3) is 3.11. The van der Waals surface area contributed by atoms with Gasteiger partial charge < -0.3 is 10.4 Å². The molecule has 1 aliphatic heterocycles. The van der Waals surface area contributed by atoms with Gasteiger partial charge in [0.05, 0.1) is 5.60 Å². The van der Waals surface area contributed by atoms with E-state index in [0.29, 0.717) is 6.04 Å². The van der Waals surface area contributed by atoms with Crippen LogP contribution >= 0.6 is 11.8 Å². The Kier molecular flexibility index (Phi) is 3.97. The molecule has 0 aromatic rings. The molecule has 2 rings (SSSR count). The lowest BCUT2D eigenvalue weighted by Gasteiger charge is -2.24. The molecule has 1 heterocycles. The average Bonchev–Trinajstić information content (AvgIpc) is 2.84. The van der Waals surface area contributed by atoms with Gasteiger partial charge in [-0.3, -0.25) is 0 Å². The second-order valence-corrected chi connectivity index (χ2v) is 6.30. The van der Waals surface area contributed by atoms with Crippen molar-refractivity contribution in [2.45, 2.75) is 50.7 Å². The minimum absolute atomic E-state index is 0.408. The number of hydrogen-bond donors (Lipinski definition) is 2. The molecule has 3 atom stereocenters. The molecule has 0 spiro atoms. The Bertz CT molecular complexity index is 204. The molecule has 0 aromatic heterocycles. The molecule has 1 saturated heterocycles. The highest BCUT2D eigenvalue weighted by molar-refractivity contribution is 7.99. The maximum Gasteiger partial charge on any atom is 0.0869 e. The first-order chi connectivity index (χ1) is 7.22. The summed E-state index contributed by atoms with van der Waals surface area (Å²) in [6, 6.07) is 0.671. The quantitative estimate of drug-likeness (QED) is 0.773. The highest BCUT2D eigenvalue weighted by Gasteiger charge is 2.33. The zero-order chi connectivity index (χ0) is 10.7. The lowest BCUT2D eigenvalue weighted by Crippen LogP contribution is -2.43. The molecule has 3 unspecified atom stereocenters. The van der Waals surface area contributed by atoms with Crippen LogP contribution in [0, 0.1) is 5.92 Å². The topological polar surface area (TPSA) is 32.3 Å². The standard InChI is InChI=1S/C12H23NOS/c1-2-10-3-4-11(7-10)13-8-12(14)5-6-15-9-12/h10-11,13-14H,2-9H2,1H3. The minimum Gasteiger partial charge on any atom is -0.388 e. The fourth-order valence-electron chi connectivity index (χ4n) is 2.70. The fraction of sp³-hybridized carbons (Fsp3) is 1.00. The molecule has 0 aromatic carbocycles. The van der Waals surface area contributed by atoms with E-state index in [1.807, 2.05) is 11.8 Å². The molecular weight excluding hydrogens is 206 g/mol. The summed E-state index contributed by atoms with van der Waals surface area (Å²) in [5.41, 5.74) is -0.408. The van der Waals surface area contributed by atoms with Crippen molar-refractivity contribution in [1.29, 1.82) is 0 Å². The van der Waals surface area contributed by atoms with Crippen molar-refractivity contribution in [3.05, 3.63) is 0 Å². The van der Waals surface area contributed by atoms with Crippen LogP contribution in [0.2, 0.25) is 0 Å². The van der Waals surface area contributed by atoms with Gasteiger partial charge in [-0.15, -0.1) is 0 Å². The highest BCUT2D eigenvalue weighted by atomic mass is 32.2. The number of rotatable bonds is 4. The number of aliphatic hydroxyl groups is 1. The zero-order valence-electron chi connectivity index (χ0n) is 9.67. The summed E-state index contributed by atoms with van der Waals surface area (Å²) in [4.78, 5) is 0. The largest absolute Gasteiger partial charge is 0.388 e. The Morgan fingerprint density at radius 1 is 1.47 bits per heavy atom. The Morgan fingerprint density at radius 3 is 2.93 bits per heavy atom. The van der Waals surface area contributed by atoms with Gasteiger partial charge in [0.25, 0.3) is 0 Å². The molecule has 15 heavy (non-hydrogen) atoms. The van der Waals surface area contributed by atoms with Gasteiger partial charge in [0.15, 0.2) is 0 Å². The van der Waals surface area contributed by atoms with E-state index in [1.54, 1.807) is 0 Å². The predicted octanol–water partition coefficient (Wildman–Crippen LogP) is 2.02. The van der Waals surface area contributed by atoms with Gasteiger partial charge in [-0.25, -0.2) is 0 Å². The van der Waals surface area contributed by atoms with Gasteiger partial charge in [0.2, 0.25) is 0 Å². The van der Waals surface area contributed by atoms with Crippen LogP contribution in [0.15, 0.2) is 0 Å². The van der Waals surface area contributed by atoms with E-state index in [9.17, 15) is 5.11 Å². The van der Waals surface area contributed by atoms with Crippen molar-refractivity contribution in [3.8, 4) is 0 Å². The highest BCUT2D eigenvalue weighted by Crippen LogP contribution is 2.30. The molecular formula is C12H23NOS. The number of hydrogen-bond acceptors (Lipinski definition) is 3. The van der Waals surface area contributed by atoms with E-state index in [-0.39, 0.29) is 0 Å². The summed E-state index contributed by atoms with van der Waals surface area (Å²) in [7, 11) is 0. The molecule has 88 valence electrons. The third-order valence-electron chi connectivity index (χ3n) is 3.92. The first kappa shape index (κ1) is 11.7. The Balaban J connectivity index is 1.70. The van der Waals surface area contributed by atoms with E-state index in [1.165, 1.54) is 25.7 Å². The second-order valence-electron chi connectivity index (χ2n) is 5.19. The Hall–Kier alpha value is 0.270. The summed E-state index contributed by atoms with van der Waals surface area (Å²) in [6.45, 7) is 3.09. The van der Waals surface area contributed by atoms with Crippen LogP contribution in [0.25, 0.3) is 0 Å². The smallest absolute Gasteiger partial charge is 0.0869 e. The number of nitrogens with one attached hydrogen (secondary N) is 1. The minimum atomic E-state index is -0.408. The average molecular weight is 229 g/mol. The normalized spacial score (nSPS) is 41.2. The first-order valence-corrected chi connectivity index (χ1v) is 7.41. The van der Waals surface area contributed by atoms with Crippen molar-refractivity contribution in [2.75, 3.05) is 18.1 Å². The summed E-state index contributed by atoms with van der Waals surface area (Å²) < 4.78 is 0. The van der Waals surface area contributed by atoms with Gasteiger partial charge >= 0.3 is 0 Å². The Morgan fingerprint density at radius 2 is 2.33 bits per heavy atom. The van der Waals surface area contributed by atoms with Gasteiger partial charge in [-0.1, -0.05) is 13.3 Å². The Labute approximate surface area is 97.2 Å². The van der Waals surface area contributed by atoms with E-state index in [2.05, 4.69) is 12.2 Å². The van der Waals surface area contributed by atoms with Crippen LogP contribution < -0.4 is 5.32 Å². The second kappa shape index (κ2) is 5.07. The molecule has 2 fully saturated rings. The summed E-state index contributed by atoms with van der Waals surface area (Å²) in [6.07, 6.45) is 6.29. The first-order valence-electron chi connectivity index (χ1n) is 6.25. The van der Waals surface area contributed by atoms with Crippen molar-refractivity contribution in [1.82, 2.24) is 5.32 Å². The fourth-order valence-corrected chi connectivity index (χ4v) is 4.00. The van der Waals surface area contributed by atoms with E-state index in [4.69, 9.17) is 0 Å². The molecule has 2 nitrogen and oxygen atoms in total. The molecule has 0 radical (unpaired) electrons. The van der Waals surface area contributed by atoms with Crippen molar-refractivity contribution < 1.29 is 5.11 Å². The van der Waals surface area contributed by atoms with Crippen LogP contribution in [-0.2, 0) is 0 Å². The maximum atomic E-state index is 10.2. The lowest BCUT2D eigenvalue weighted by molar-refractivity contribution is 0.0646. The summed E-state index contributed by atoms with van der Waals surface area (Å²) >= 11 is 1.88. The van der Waals surface area contributed by atoms with Crippen LogP contribution in [0.5, 0.6) is 0 Å². The van der Waals surface area contributed by atoms with E-state index >= 15 is 0 Å². The molecule has 1 saturated carbocycles. The van der Waals surface area contributed by atoms with E-state index in [0.717, 1.165) is 30.4 Å². The van der Waals surface area contributed by atoms with Crippen molar-refractivity contribution in [3.63, 3.8) is 0 Å². The van der Waals surface area contributed by atoms with Crippen LogP contribution in [0.3, 0.4) is 0 Å². The van der Waals surface area contributed by atoms with Crippen LogP contribution in [-0.4, -0.2) is 34.8 Å². The molecule has 2 N–H and O–H groups in total. The maximum absolute atomic E-state index is 10.2. The molecule has 1 aliphatic carbocycles. The van der Waals surface area contributed by atoms with Gasteiger partial charge in [-0.05, 0) is 37.4 Å². The van der Waals surface area contributed by atoms with Crippen molar-refractivity contribution >= 4 is 11.8 Å². The van der Waals surface area contributed by atoms with Crippen LogP contribution in [0.4, 0.5) is 0 Å². The van der Waals surface area contributed by atoms with Gasteiger partial charge in [-0.2, -0.15) is 11.8 Å². The SMILES string of the molecule is CCC1CCC(NCC2(O)CCSC2)C1. The summed E-state index contributed by atoms with van der Waals surface area (Å²) in [5, 5.41) is 13.8. The number of thioether (sulfide) groups is 1. The molecule has 0 bridgehead atoms. The van der Waals surface area contributed by atoms with Gasteiger partial charge in [0, 0.05) is 18.3 Å². The summed E-state index contributed by atoms with van der Waals surface area (Å²) in [5.74, 6) is 2.97. The van der Waals surface area contributed by atoms with Gasteiger partial charge in [0.1, 0.15) is 0 Å². The third-order valence-corrected chi connectivity index (χ3v) is 5.16. The predicted molar refractivity (Wildman–Crippen MR) is 66.3 cm³/mol. The zero-order valence-corrected chi connectivity index (χ0v) is 10.5. The molecule has 2 aliphatic rings. The molecule has 0 amide bonds.